The predicted octanol–water partition coefficient (Wildman–Crippen LogP) is 2.97. The molecule has 132 valence electrons. The summed E-state index contributed by atoms with van der Waals surface area (Å²) >= 11 is 0. The molecule has 1 aliphatic heterocycles. The third-order valence-corrected chi connectivity index (χ3v) is 4.13. The zero-order valence-electron chi connectivity index (χ0n) is 14.1. The second-order valence-electron chi connectivity index (χ2n) is 6.01. The maximum atomic E-state index is 12.1. The van der Waals surface area contributed by atoms with E-state index in [-0.39, 0.29) is 19.1 Å². The van der Waals surface area contributed by atoms with E-state index in [1.807, 2.05) is 48.5 Å². The molecule has 0 saturated carbocycles. The Balaban J connectivity index is 1.27. The van der Waals surface area contributed by atoms with Crippen molar-refractivity contribution >= 4 is 5.91 Å². The van der Waals surface area contributed by atoms with Gasteiger partial charge in [-0.1, -0.05) is 41.6 Å². The molecule has 0 aliphatic carbocycles. The van der Waals surface area contributed by atoms with Gasteiger partial charge in [0.1, 0.15) is 0 Å². The highest BCUT2D eigenvalue weighted by Gasteiger charge is 2.13. The van der Waals surface area contributed by atoms with Gasteiger partial charge in [-0.05, 0) is 24.1 Å². The molecule has 0 bridgehead atoms. The number of amides is 1. The number of ether oxygens (including phenoxy) is 2. The van der Waals surface area contributed by atoms with Gasteiger partial charge >= 0.3 is 0 Å². The Morgan fingerprint density at radius 1 is 1.04 bits per heavy atom. The largest absolute Gasteiger partial charge is 0.454 e. The van der Waals surface area contributed by atoms with Crippen molar-refractivity contribution in [2.45, 2.75) is 12.8 Å². The van der Waals surface area contributed by atoms with Crippen LogP contribution in [0.3, 0.4) is 0 Å². The molecule has 0 radical (unpaired) electrons. The molecule has 1 aliphatic rings. The topological polar surface area (TPSA) is 73.6 Å². The van der Waals surface area contributed by atoms with Gasteiger partial charge in [0, 0.05) is 18.2 Å². The van der Waals surface area contributed by atoms with Crippen LogP contribution in [-0.2, 0) is 17.6 Å². The van der Waals surface area contributed by atoms with Crippen LogP contribution in [0, 0.1) is 0 Å². The van der Waals surface area contributed by atoms with Crippen LogP contribution in [0.4, 0.5) is 0 Å². The lowest BCUT2D eigenvalue weighted by atomic mass is 10.1. The SMILES string of the molecule is O=C(Cc1cc(-c2ccccc2)on1)NCCc1ccc2c(c1)OCO2. The number of carbonyl (C=O) groups excluding carboxylic acids is 1. The minimum Gasteiger partial charge on any atom is -0.454 e. The molecule has 0 spiro atoms. The quantitative estimate of drug-likeness (QED) is 0.740. The summed E-state index contributed by atoms with van der Waals surface area (Å²) in [5.41, 5.74) is 2.64. The van der Waals surface area contributed by atoms with E-state index in [0.717, 1.165) is 29.0 Å². The number of fused-ring (bicyclic) bond motifs is 1. The van der Waals surface area contributed by atoms with Gasteiger partial charge in [-0.25, -0.2) is 0 Å². The van der Waals surface area contributed by atoms with Gasteiger partial charge in [-0.2, -0.15) is 0 Å². The second-order valence-corrected chi connectivity index (χ2v) is 6.01. The summed E-state index contributed by atoms with van der Waals surface area (Å²) in [4.78, 5) is 12.1. The van der Waals surface area contributed by atoms with Crippen molar-refractivity contribution in [1.29, 1.82) is 0 Å². The van der Waals surface area contributed by atoms with Crippen molar-refractivity contribution in [2.24, 2.45) is 0 Å². The molecule has 4 rings (SSSR count). The number of benzene rings is 2. The molecule has 6 nitrogen and oxygen atoms in total. The van der Waals surface area contributed by atoms with Crippen LogP contribution in [-0.4, -0.2) is 24.4 Å². The second kappa shape index (κ2) is 7.31. The van der Waals surface area contributed by atoms with Gasteiger partial charge in [-0.3, -0.25) is 4.79 Å². The molecule has 1 amide bonds. The summed E-state index contributed by atoms with van der Waals surface area (Å²) in [7, 11) is 0. The summed E-state index contributed by atoms with van der Waals surface area (Å²) in [5.74, 6) is 2.09. The first-order valence-corrected chi connectivity index (χ1v) is 8.44. The summed E-state index contributed by atoms with van der Waals surface area (Å²) in [6.45, 7) is 0.806. The third kappa shape index (κ3) is 3.69. The molecule has 0 unspecified atom stereocenters. The van der Waals surface area contributed by atoms with E-state index < -0.39 is 0 Å². The minimum absolute atomic E-state index is 0.0846. The molecule has 0 fully saturated rings. The van der Waals surface area contributed by atoms with E-state index in [1.54, 1.807) is 6.07 Å². The average Bonchev–Trinajstić information content (AvgIpc) is 3.31. The molecule has 2 aromatic carbocycles. The molecular formula is C20H18N2O4. The summed E-state index contributed by atoms with van der Waals surface area (Å²) in [6, 6.07) is 17.3. The summed E-state index contributed by atoms with van der Waals surface area (Å²) in [5, 5.41) is 6.88. The molecule has 26 heavy (non-hydrogen) atoms. The molecule has 3 aromatic rings. The smallest absolute Gasteiger partial charge is 0.231 e. The number of hydrogen-bond acceptors (Lipinski definition) is 5. The van der Waals surface area contributed by atoms with E-state index in [2.05, 4.69) is 10.5 Å². The van der Waals surface area contributed by atoms with Crippen molar-refractivity contribution in [3.63, 3.8) is 0 Å². The zero-order chi connectivity index (χ0) is 17.8. The van der Waals surface area contributed by atoms with Crippen molar-refractivity contribution in [2.75, 3.05) is 13.3 Å². The number of aromatic nitrogens is 1. The van der Waals surface area contributed by atoms with Crippen LogP contribution < -0.4 is 14.8 Å². The van der Waals surface area contributed by atoms with Gasteiger partial charge in [-0.15, -0.1) is 0 Å². The molecule has 0 saturated heterocycles. The molecule has 2 heterocycles. The standard InChI is InChI=1S/C20H18N2O4/c23-20(12-16-11-18(26-22-16)15-4-2-1-3-5-15)21-9-8-14-6-7-17-19(10-14)25-13-24-17/h1-7,10-11H,8-9,12-13H2,(H,21,23). The zero-order valence-corrected chi connectivity index (χ0v) is 14.1. The van der Waals surface area contributed by atoms with Gasteiger partial charge in [0.2, 0.25) is 12.7 Å². The number of carbonyl (C=O) groups is 1. The van der Waals surface area contributed by atoms with Crippen molar-refractivity contribution in [3.05, 3.63) is 65.9 Å². The van der Waals surface area contributed by atoms with Crippen LogP contribution in [0.5, 0.6) is 11.5 Å². The van der Waals surface area contributed by atoms with Crippen molar-refractivity contribution in [3.8, 4) is 22.8 Å². The Morgan fingerprint density at radius 2 is 1.88 bits per heavy atom. The molecular weight excluding hydrogens is 332 g/mol. The molecule has 1 aromatic heterocycles. The Hall–Kier alpha value is -3.28. The van der Waals surface area contributed by atoms with Gasteiger partial charge < -0.3 is 19.3 Å². The first-order chi connectivity index (χ1) is 12.8. The lowest BCUT2D eigenvalue weighted by molar-refractivity contribution is -0.120. The highest BCUT2D eigenvalue weighted by molar-refractivity contribution is 5.78. The Morgan fingerprint density at radius 3 is 2.77 bits per heavy atom. The minimum atomic E-state index is -0.0846. The predicted molar refractivity (Wildman–Crippen MR) is 94.9 cm³/mol. The normalized spacial score (nSPS) is 12.2. The maximum Gasteiger partial charge on any atom is 0.231 e. The monoisotopic (exact) mass is 350 g/mol. The maximum absolute atomic E-state index is 12.1. The molecule has 6 heteroatoms. The van der Waals surface area contributed by atoms with E-state index in [1.165, 1.54) is 0 Å². The summed E-state index contributed by atoms with van der Waals surface area (Å²) in [6.07, 6.45) is 0.911. The Kier molecular flexibility index (Phi) is 4.55. The van der Waals surface area contributed by atoms with Crippen LogP contribution in [0.15, 0.2) is 59.1 Å². The van der Waals surface area contributed by atoms with E-state index in [0.29, 0.717) is 18.0 Å². The summed E-state index contributed by atoms with van der Waals surface area (Å²) < 4.78 is 16.0. The molecule has 1 N–H and O–H groups in total. The van der Waals surface area contributed by atoms with Crippen molar-refractivity contribution < 1.29 is 18.8 Å². The first-order valence-electron chi connectivity index (χ1n) is 8.44. The van der Waals surface area contributed by atoms with E-state index in [9.17, 15) is 4.79 Å². The van der Waals surface area contributed by atoms with Gasteiger partial charge in [0.25, 0.3) is 0 Å². The van der Waals surface area contributed by atoms with Crippen LogP contribution in [0.25, 0.3) is 11.3 Å². The highest BCUT2D eigenvalue weighted by Crippen LogP contribution is 2.32. The van der Waals surface area contributed by atoms with Crippen molar-refractivity contribution in [1.82, 2.24) is 10.5 Å². The molecule has 0 atom stereocenters. The highest BCUT2D eigenvalue weighted by atomic mass is 16.7. The number of hydrogen-bond donors (Lipinski definition) is 1. The number of nitrogens with one attached hydrogen (secondary N) is 1. The van der Waals surface area contributed by atoms with Crippen LogP contribution >= 0.6 is 0 Å². The third-order valence-electron chi connectivity index (χ3n) is 4.13. The van der Waals surface area contributed by atoms with E-state index >= 15 is 0 Å². The van der Waals surface area contributed by atoms with E-state index in [4.69, 9.17) is 14.0 Å². The Labute approximate surface area is 150 Å². The lowest BCUT2D eigenvalue weighted by Gasteiger charge is -2.05. The Bertz CT molecular complexity index is 905. The lowest BCUT2D eigenvalue weighted by Crippen LogP contribution is -2.27. The van der Waals surface area contributed by atoms with Crippen LogP contribution in [0.1, 0.15) is 11.3 Å². The number of nitrogens with zero attached hydrogens (tertiary/aromatic N) is 1. The fourth-order valence-electron chi connectivity index (χ4n) is 2.80. The number of rotatable bonds is 6. The average molecular weight is 350 g/mol. The fraction of sp³-hybridized carbons (Fsp3) is 0.200. The fourth-order valence-corrected chi connectivity index (χ4v) is 2.80. The first kappa shape index (κ1) is 16.2. The van der Waals surface area contributed by atoms with Gasteiger partial charge in [0.15, 0.2) is 17.3 Å². The van der Waals surface area contributed by atoms with Crippen LogP contribution in [0.2, 0.25) is 0 Å². The van der Waals surface area contributed by atoms with Gasteiger partial charge in [0.05, 0.1) is 12.1 Å².